The topological polar surface area (TPSA) is 104 Å². The van der Waals surface area contributed by atoms with Crippen molar-refractivity contribution in [1.29, 1.82) is 0 Å². The Bertz CT molecular complexity index is 1400. The van der Waals surface area contributed by atoms with Crippen LogP contribution in [0.3, 0.4) is 0 Å². The molecule has 1 unspecified atom stereocenters. The second-order valence-corrected chi connectivity index (χ2v) is 7.43. The first-order chi connectivity index (χ1) is 15.1. The van der Waals surface area contributed by atoms with E-state index >= 15 is 0 Å². The molecule has 0 spiro atoms. The Balaban J connectivity index is 1.59. The number of anilines is 1. The van der Waals surface area contributed by atoms with Crippen molar-refractivity contribution in [3.05, 3.63) is 89.1 Å². The molecule has 0 aliphatic heterocycles. The number of aryl methyl sites for hydroxylation is 1. The number of benzene rings is 1. The molecule has 5 aromatic rings. The van der Waals surface area contributed by atoms with Gasteiger partial charge in [0.2, 0.25) is 0 Å². The second kappa shape index (κ2) is 7.56. The van der Waals surface area contributed by atoms with E-state index in [0.29, 0.717) is 17.1 Å². The van der Waals surface area contributed by atoms with Crippen molar-refractivity contribution < 1.29 is 0 Å². The molecule has 1 aromatic carbocycles. The van der Waals surface area contributed by atoms with Gasteiger partial charge in [0, 0.05) is 30.5 Å². The van der Waals surface area contributed by atoms with Gasteiger partial charge in [0.15, 0.2) is 0 Å². The van der Waals surface area contributed by atoms with E-state index in [-0.39, 0.29) is 11.6 Å². The molecule has 8 nitrogen and oxygen atoms in total. The highest BCUT2D eigenvalue weighted by molar-refractivity contribution is 5.86. The number of aromatic nitrogens is 6. The Morgan fingerprint density at radius 1 is 1.16 bits per heavy atom. The SMILES string of the molecule is Cc1cc(-n2ccnc2)cc2[nH]c(-c3c(NC(C)c4ccccn4)cc[nH]c3=O)nc12. The fourth-order valence-electron chi connectivity index (χ4n) is 3.72. The Morgan fingerprint density at radius 2 is 2.06 bits per heavy atom. The summed E-state index contributed by atoms with van der Waals surface area (Å²) < 4.78 is 1.93. The highest BCUT2D eigenvalue weighted by Gasteiger charge is 2.18. The van der Waals surface area contributed by atoms with Gasteiger partial charge >= 0.3 is 0 Å². The largest absolute Gasteiger partial charge is 0.376 e. The summed E-state index contributed by atoms with van der Waals surface area (Å²) >= 11 is 0. The summed E-state index contributed by atoms with van der Waals surface area (Å²) in [6.45, 7) is 4.01. The van der Waals surface area contributed by atoms with Gasteiger partial charge in [0.25, 0.3) is 5.56 Å². The minimum atomic E-state index is -0.218. The van der Waals surface area contributed by atoms with Gasteiger partial charge in [0.05, 0.1) is 34.8 Å². The van der Waals surface area contributed by atoms with Crippen LogP contribution in [0.15, 0.2) is 72.3 Å². The number of pyridine rings is 2. The number of hydrogen-bond acceptors (Lipinski definition) is 5. The van der Waals surface area contributed by atoms with Crippen molar-refractivity contribution in [3.63, 3.8) is 0 Å². The zero-order chi connectivity index (χ0) is 21.4. The lowest BCUT2D eigenvalue weighted by molar-refractivity contribution is 0.838. The molecule has 0 fully saturated rings. The summed E-state index contributed by atoms with van der Waals surface area (Å²) in [7, 11) is 0. The number of rotatable bonds is 5. The first-order valence-electron chi connectivity index (χ1n) is 9.98. The third kappa shape index (κ3) is 3.48. The normalized spacial score (nSPS) is 12.2. The van der Waals surface area contributed by atoms with Crippen LogP contribution in [0.1, 0.15) is 24.2 Å². The van der Waals surface area contributed by atoms with E-state index in [1.54, 1.807) is 24.9 Å². The van der Waals surface area contributed by atoms with Crippen molar-refractivity contribution in [2.24, 2.45) is 0 Å². The van der Waals surface area contributed by atoms with Gasteiger partial charge in [-0.3, -0.25) is 9.78 Å². The van der Waals surface area contributed by atoms with Crippen molar-refractivity contribution in [2.75, 3.05) is 5.32 Å². The van der Waals surface area contributed by atoms with Crippen molar-refractivity contribution >= 4 is 16.7 Å². The molecule has 0 aliphatic carbocycles. The lowest BCUT2D eigenvalue weighted by Gasteiger charge is -2.16. The highest BCUT2D eigenvalue weighted by atomic mass is 16.1. The molecule has 3 N–H and O–H groups in total. The van der Waals surface area contributed by atoms with E-state index in [4.69, 9.17) is 4.98 Å². The molecular weight excluding hydrogens is 390 g/mol. The van der Waals surface area contributed by atoms with E-state index in [1.807, 2.05) is 61.0 Å². The maximum absolute atomic E-state index is 12.8. The standard InChI is InChI=1S/C23H21N7O/c1-14-11-16(30-10-9-24-13-30)12-19-21(14)29-22(28-19)20-18(6-8-26-23(20)31)27-15(2)17-5-3-4-7-25-17/h3-13,15H,1-2H3,(H,28,29)(H2,26,27,31). The van der Waals surface area contributed by atoms with Crippen LogP contribution < -0.4 is 10.9 Å². The number of H-pyrrole nitrogens is 2. The zero-order valence-corrected chi connectivity index (χ0v) is 17.1. The molecule has 0 amide bonds. The van der Waals surface area contributed by atoms with Gasteiger partial charge in [-0.2, -0.15) is 0 Å². The van der Waals surface area contributed by atoms with E-state index in [0.717, 1.165) is 28.0 Å². The number of hydrogen-bond donors (Lipinski definition) is 3. The van der Waals surface area contributed by atoms with Gasteiger partial charge in [0.1, 0.15) is 11.4 Å². The average molecular weight is 411 g/mol. The Hall–Kier alpha value is -4.20. The van der Waals surface area contributed by atoms with Crippen LogP contribution in [0.25, 0.3) is 28.1 Å². The van der Waals surface area contributed by atoms with E-state index in [2.05, 4.69) is 25.3 Å². The summed E-state index contributed by atoms with van der Waals surface area (Å²) in [6, 6.07) is 11.6. The summed E-state index contributed by atoms with van der Waals surface area (Å²) in [5, 5.41) is 3.40. The Labute approximate surface area is 178 Å². The predicted molar refractivity (Wildman–Crippen MR) is 120 cm³/mol. The molecule has 0 bridgehead atoms. The predicted octanol–water partition coefficient (Wildman–Crippen LogP) is 3.98. The molecule has 0 saturated heterocycles. The second-order valence-electron chi connectivity index (χ2n) is 7.43. The number of fused-ring (bicyclic) bond motifs is 1. The molecular formula is C23H21N7O. The third-order valence-corrected chi connectivity index (χ3v) is 5.27. The van der Waals surface area contributed by atoms with Crippen molar-refractivity contribution in [3.8, 4) is 17.1 Å². The van der Waals surface area contributed by atoms with Crippen LogP contribution in [-0.2, 0) is 0 Å². The summed E-state index contributed by atoms with van der Waals surface area (Å²) in [5.74, 6) is 0.512. The van der Waals surface area contributed by atoms with Crippen LogP contribution >= 0.6 is 0 Å². The maximum Gasteiger partial charge on any atom is 0.261 e. The lowest BCUT2D eigenvalue weighted by Crippen LogP contribution is -2.15. The van der Waals surface area contributed by atoms with Crippen LogP contribution in [0.4, 0.5) is 5.69 Å². The van der Waals surface area contributed by atoms with E-state index < -0.39 is 0 Å². The molecule has 154 valence electrons. The zero-order valence-electron chi connectivity index (χ0n) is 17.1. The van der Waals surface area contributed by atoms with Crippen LogP contribution in [0, 0.1) is 6.92 Å². The number of imidazole rings is 2. The number of aromatic amines is 2. The van der Waals surface area contributed by atoms with Gasteiger partial charge in [-0.15, -0.1) is 0 Å². The van der Waals surface area contributed by atoms with Crippen LogP contribution in [-0.4, -0.2) is 29.5 Å². The maximum atomic E-state index is 12.8. The smallest absolute Gasteiger partial charge is 0.261 e. The molecule has 0 saturated carbocycles. The van der Waals surface area contributed by atoms with Gasteiger partial charge in [-0.1, -0.05) is 6.07 Å². The van der Waals surface area contributed by atoms with Crippen molar-refractivity contribution in [2.45, 2.75) is 19.9 Å². The molecule has 0 radical (unpaired) electrons. The fraction of sp³-hybridized carbons (Fsp3) is 0.130. The molecule has 0 aliphatic rings. The molecule has 4 aromatic heterocycles. The molecule has 31 heavy (non-hydrogen) atoms. The fourth-order valence-corrected chi connectivity index (χ4v) is 3.72. The number of nitrogens with zero attached hydrogens (tertiary/aromatic N) is 4. The summed E-state index contributed by atoms with van der Waals surface area (Å²) in [5.41, 5.74) is 5.48. The monoisotopic (exact) mass is 411 g/mol. The lowest BCUT2D eigenvalue weighted by atomic mass is 10.1. The molecule has 8 heteroatoms. The van der Waals surface area contributed by atoms with E-state index in [1.165, 1.54) is 0 Å². The Kier molecular flexibility index (Phi) is 4.59. The third-order valence-electron chi connectivity index (χ3n) is 5.27. The number of nitrogens with one attached hydrogen (secondary N) is 3. The Morgan fingerprint density at radius 3 is 2.84 bits per heavy atom. The minimum absolute atomic E-state index is 0.0827. The van der Waals surface area contributed by atoms with Gasteiger partial charge in [-0.05, 0) is 49.7 Å². The van der Waals surface area contributed by atoms with E-state index in [9.17, 15) is 4.79 Å². The summed E-state index contributed by atoms with van der Waals surface area (Å²) in [6.07, 6.45) is 8.76. The summed E-state index contributed by atoms with van der Waals surface area (Å²) in [4.78, 5) is 32.1. The molecule has 1 atom stereocenters. The molecule has 4 heterocycles. The molecule has 5 rings (SSSR count). The highest BCUT2D eigenvalue weighted by Crippen LogP contribution is 2.29. The van der Waals surface area contributed by atoms with Crippen LogP contribution in [0.2, 0.25) is 0 Å². The van der Waals surface area contributed by atoms with Gasteiger partial charge in [-0.25, -0.2) is 9.97 Å². The quantitative estimate of drug-likeness (QED) is 0.406. The average Bonchev–Trinajstić information content (AvgIpc) is 3.45. The first kappa shape index (κ1) is 18.8. The first-order valence-corrected chi connectivity index (χ1v) is 9.98. The van der Waals surface area contributed by atoms with Crippen molar-refractivity contribution in [1.82, 2.24) is 29.5 Å². The van der Waals surface area contributed by atoms with Crippen LogP contribution in [0.5, 0.6) is 0 Å². The minimum Gasteiger partial charge on any atom is -0.376 e. The van der Waals surface area contributed by atoms with Gasteiger partial charge < -0.3 is 19.9 Å².